The third kappa shape index (κ3) is 5.72. The zero-order valence-electron chi connectivity index (χ0n) is 23.5. The maximum absolute atomic E-state index is 13.1. The zero-order valence-corrected chi connectivity index (χ0v) is 23.5. The second kappa shape index (κ2) is 11.0. The summed E-state index contributed by atoms with van der Waals surface area (Å²) in [6.45, 7) is 5.57. The number of carbonyl (C=O) groups excluding carboxylic acids is 1. The lowest BCUT2D eigenvalue weighted by molar-refractivity contribution is 0.0500. The summed E-state index contributed by atoms with van der Waals surface area (Å²) in [5, 5.41) is 14.8. The van der Waals surface area contributed by atoms with Gasteiger partial charge in [-0.2, -0.15) is 0 Å². The lowest BCUT2D eigenvalue weighted by Crippen LogP contribution is -2.37. The van der Waals surface area contributed by atoms with Gasteiger partial charge in [-0.3, -0.25) is 4.57 Å². The Kier molecular flexibility index (Phi) is 7.05. The van der Waals surface area contributed by atoms with Gasteiger partial charge in [0.2, 0.25) is 0 Å². The van der Waals surface area contributed by atoms with Gasteiger partial charge < -0.3 is 20.0 Å². The number of benzene rings is 3. The minimum absolute atomic E-state index is 0.487. The first kappa shape index (κ1) is 26.4. The molecule has 0 aliphatic heterocycles. The molecule has 8 nitrogen and oxygen atoms in total. The summed E-state index contributed by atoms with van der Waals surface area (Å²) in [7, 11) is 0. The molecule has 41 heavy (non-hydrogen) atoms. The van der Waals surface area contributed by atoms with Gasteiger partial charge in [-0.1, -0.05) is 54.6 Å². The Morgan fingerprint density at radius 2 is 1.44 bits per heavy atom. The Morgan fingerprint density at radius 1 is 0.829 bits per heavy atom. The molecule has 3 aromatic heterocycles. The van der Waals surface area contributed by atoms with Crippen LogP contribution in [0.25, 0.3) is 27.5 Å². The van der Waals surface area contributed by atoms with Crippen LogP contribution in [0.5, 0.6) is 0 Å². The lowest BCUT2D eigenvalue weighted by atomic mass is 10.0. The van der Waals surface area contributed by atoms with E-state index in [0.29, 0.717) is 18.7 Å². The minimum atomic E-state index is -0.632. The summed E-state index contributed by atoms with van der Waals surface area (Å²) in [5.74, 6) is 1.48. The summed E-state index contributed by atoms with van der Waals surface area (Å²) in [6, 6.07) is 26.0. The predicted octanol–water partition coefficient (Wildman–Crippen LogP) is 6.82. The fourth-order valence-corrected chi connectivity index (χ4v) is 5.34. The number of ether oxygens (including phenoxy) is 1. The van der Waals surface area contributed by atoms with Crippen LogP contribution in [0.2, 0.25) is 0 Å². The van der Waals surface area contributed by atoms with Crippen LogP contribution in [-0.4, -0.2) is 36.4 Å². The smallest absolute Gasteiger partial charge is 0.408 e. The van der Waals surface area contributed by atoms with E-state index >= 15 is 0 Å². The Bertz CT molecular complexity index is 1790. The van der Waals surface area contributed by atoms with Crippen molar-refractivity contribution in [1.29, 1.82) is 0 Å². The van der Waals surface area contributed by atoms with Gasteiger partial charge in [0.1, 0.15) is 11.4 Å². The quantitative estimate of drug-likeness (QED) is 0.195. The van der Waals surface area contributed by atoms with Crippen LogP contribution in [0.4, 0.5) is 4.79 Å². The number of aromatic amines is 2. The van der Waals surface area contributed by atoms with Crippen LogP contribution in [-0.2, 0) is 24.0 Å². The number of amides is 1. The summed E-state index contributed by atoms with van der Waals surface area (Å²) < 4.78 is 7.74. The number of para-hydroxylation sites is 3. The summed E-state index contributed by atoms with van der Waals surface area (Å²) in [6.07, 6.45) is 5.55. The molecule has 3 heterocycles. The highest BCUT2D eigenvalue weighted by Gasteiger charge is 2.27. The van der Waals surface area contributed by atoms with E-state index < -0.39 is 17.7 Å². The highest BCUT2D eigenvalue weighted by molar-refractivity contribution is 5.84. The van der Waals surface area contributed by atoms with E-state index in [1.165, 1.54) is 10.9 Å². The number of carbonyl (C=O) groups is 1. The van der Waals surface area contributed by atoms with Crippen LogP contribution < -0.4 is 5.32 Å². The molecule has 0 saturated carbocycles. The Balaban J connectivity index is 1.38. The van der Waals surface area contributed by atoms with Gasteiger partial charge in [0, 0.05) is 52.7 Å². The maximum Gasteiger partial charge on any atom is 0.408 e. The molecule has 1 atom stereocenters. The molecule has 0 unspecified atom stereocenters. The van der Waals surface area contributed by atoms with Gasteiger partial charge in [-0.25, -0.2) is 4.79 Å². The average Bonchev–Trinajstić information content (AvgIpc) is 3.68. The average molecular weight is 547 g/mol. The van der Waals surface area contributed by atoms with E-state index in [2.05, 4.69) is 60.5 Å². The van der Waals surface area contributed by atoms with E-state index in [4.69, 9.17) is 4.74 Å². The third-order valence-corrected chi connectivity index (χ3v) is 7.16. The molecule has 3 N–H and O–H groups in total. The predicted molar refractivity (Wildman–Crippen MR) is 161 cm³/mol. The first-order valence-corrected chi connectivity index (χ1v) is 13.9. The molecule has 0 saturated heterocycles. The van der Waals surface area contributed by atoms with Crippen LogP contribution in [0.1, 0.15) is 49.6 Å². The van der Waals surface area contributed by atoms with Gasteiger partial charge >= 0.3 is 6.09 Å². The second-order valence-corrected chi connectivity index (χ2v) is 11.3. The monoisotopic (exact) mass is 546 g/mol. The van der Waals surface area contributed by atoms with Crippen LogP contribution in [0.3, 0.4) is 0 Å². The molecule has 6 rings (SSSR count). The first-order chi connectivity index (χ1) is 19.9. The molecule has 0 aliphatic carbocycles. The third-order valence-electron chi connectivity index (χ3n) is 7.16. The summed E-state index contributed by atoms with van der Waals surface area (Å²) in [4.78, 5) is 19.8. The molecular formula is C33H34N6O2. The molecule has 1 amide bonds. The number of fused-ring (bicyclic) bond motifs is 2. The lowest BCUT2D eigenvalue weighted by Gasteiger charge is -2.24. The number of H-pyrrole nitrogens is 2. The molecule has 8 heteroatoms. The summed E-state index contributed by atoms with van der Waals surface area (Å²) in [5.41, 5.74) is 4.77. The van der Waals surface area contributed by atoms with Gasteiger partial charge in [-0.05, 0) is 62.6 Å². The van der Waals surface area contributed by atoms with Crippen molar-refractivity contribution < 1.29 is 9.53 Å². The van der Waals surface area contributed by atoms with E-state index in [1.54, 1.807) is 0 Å². The van der Waals surface area contributed by atoms with Crippen molar-refractivity contribution in [3.63, 3.8) is 0 Å². The van der Waals surface area contributed by atoms with Gasteiger partial charge in [0.05, 0.1) is 6.04 Å². The molecule has 0 spiro atoms. The second-order valence-electron chi connectivity index (χ2n) is 11.3. The standard InChI is InChI=1S/C33H34N6O2/c1-33(2,3)41-32(40)36-29(19-23-21-35-28-16-10-8-14-26(23)28)31-38-37-30(39(31)24-11-5-4-6-12-24)18-17-22-20-34-27-15-9-7-13-25(22)27/h4-16,20-21,29,34-35H,17-19H2,1-3H3,(H,36,40)/t29-/m1/s1. The van der Waals surface area contributed by atoms with E-state index in [9.17, 15) is 4.79 Å². The van der Waals surface area contributed by atoms with Crippen molar-refractivity contribution in [2.75, 3.05) is 0 Å². The van der Waals surface area contributed by atoms with Crippen LogP contribution in [0.15, 0.2) is 91.3 Å². The fraction of sp³-hybridized carbons (Fsp3) is 0.242. The zero-order chi connectivity index (χ0) is 28.4. The number of aromatic nitrogens is 5. The van der Waals surface area contributed by atoms with E-state index in [0.717, 1.165) is 39.9 Å². The highest BCUT2D eigenvalue weighted by Crippen LogP contribution is 2.28. The normalized spacial score (nSPS) is 12.6. The van der Waals surface area contributed by atoms with Crippen LogP contribution >= 0.6 is 0 Å². The maximum atomic E-state index is 13.1. The van der Waals surface area contributed by atoms with E-state index in [1.807, 2.05) is 81.6 Å². The van der Waals surface area contributed by atoms with Gasteiger partial charge in [-0.15, -0.1) is 10.2 Å². The molecule has 208 valence electrons. The SMILES string of the molecule is CC(C)(C)OC(=O)N[C@H](Cc1c[nH]c2ccccc12)c1nnc(CCc2c[nH]c3ccccc23)n1-c1ccccc1. The fourth-order valence-electron chi connectivity index (χ4n) is 5.34. The number of nitrogens with zero attached hydrogens (tertiary/aromatic N) is 3. The molecule has 6 aromatic rings. The topological polar surface area (TPSA) is 101 Å². The molecular weight excluding hydrogens is 512 g/mol. The number of hydrogen-bond donors (Lipinski definition) is 3. The number of aryl methyl sites for hydroxylation is 2. The molecule has 0 aliphatic rings. The van der Waals surface area contributed by atoms with E-state index in [-0.39, 0.29) is 0 Å². The van der Waals surface area contributed by atoms with Crippen molar-refractivity contribution in [2.24, 2.45) is 0 Å². The summed E-state index contributed by atoms with van der Waals surface area (Å²) >= 11 is 0. The molecule has 0 bridgehead atoms. The Morgan fingerprint density at radius 3 is 2.12 bits per heavy atom. The van der Waals surface area contributed by atoms with Gasteiger partial charge in [0.15, 0.2) is 5.82 Å². The highest BCUT2D eigenvalue weighted by atomic mass is 16.6. The molecule has 0 radical (unpaired) electrons. The molecule has 0 fully saturated rings. The Labute approximate surface area is 238 Å². The van der Waals surface area contributed by atoms with Crippen molar-refractivity contribution in [3.8, 4) is 5.69 Å². The largest absolute Gasteiger partial charge is 0.444 e. The number of hydrogen-bond acceptors (Lipinski definition) is 4. The van der Waals surface area contributed by atoms with Crippen molar-refractivity contribution in [1.82, 2.24) is 30.0 Å². The van der Waals surface area contributed by atoms with Crippen molar-refractivity contribution in [3.05, 3.63) is 114 Å². The minimum Gasteiger partial charge on any atom is -0.444 e. The number of nitrogens with one attached hydrogen (secondary N) is 3. The first-order valence-electron chi connectivity index (χ1n) is 13.9. The van der Waals surface area contributed by atoms with Crippen LogP contribution in [0, 0.1) is 0 Å². The van der Waals surface area contributed by atoms with Gasteiger partial charge in [0.25, 0.3) is 0 Å². The molecule has 3 aromatic carbocycles. The number of alkyl carbamates (subject to hydrolysis) is 1. The Hall–Kier alpha value is -4.85. The number of rotatable bonds is 8. The van der Waals surface area contributed by atoms with Crippen molar-refractivity contribution >= 4 is 27.9 Å². The van der Waals surface area contributed by atoms with Crippen molar-refractivity contribution in [2.45, 2.75) is 51.7 Å².